The number of hydrogen-bond donors (Lipinski definition) is 1. The van der Waals surface area contributed by atoms with Crippen LogP contribution in [-0.2, 0) is 18.9 Å². The maximum absolute atomic E-state index is 14.6. The molecular formula is C19H18FN3O3. The van der Waals surface area contributed by atoms with Gasteiger partial charge in [-0.2, -0.15) is 0 Å². The average molecular weight is 355 g/mol. The Morgan fingerprint density at radius 2 is 1.81 bits per heavy atom. The Kier molecular flexibility index (Phi) is 3.68. The Balaban J connectivity index is 2.12. The van der Waals surface area contributed by atoms with Crippen molar-refractivity contribution in [2.45, 2.75) is 25.2 Å². The van der Waals surface area contributed by atoms with Crippen molar-refractivity contribution in [3.05, 3.63) is 73.3 Å². The molecule has 134 valence electrons. The summed E-state index contributed by atoms with van der Waals surface area (Å²) in [5.74, 6) is -1.06. The molecular weight excluding hydrogens is 337 g/mol. The Bertz CT molecular complexity index is 1090. The molecule has 0 spiro atoms. The van der Waals surface area contributed by atoms with Crippen LogP contribution < -0.4 is 16.6 Å². The monoisotopic (exact) mass is 355 g/mol. The van der Waals surface area contributed by atoms with Crippen molar-refractivity contribution >= 4 is 11.6 Å². The second-order valence-corrected chi connectivity index (χ2v) is 6.72. The zero-order chi connectivity index (χ0) is 18.6. The van der Waals surface area contributed by atoms with Crippen molar-refractivity contribution in [1.29, 1.82) is 0 Å². The Hall–Kier alpha value is -2.96. The van der Waals surface area contributed by atoms with Crippen molar-refractivity contribution in [2.24, 2.45) is 14.1 Å². The number of hydrogen-bond acceptors (Lipinski definition) is 4. The first-order valence-electron chi connectivity index (χ1n) is 8.49. The van der Waals surface area contributed by atoms with Gasteiger partial charge < -0.3 is 5.32 Å². The lowest BCUT2D eigenvalue weighted by Gasteiger charge is -2.34. The number of Topliss-reactive ketones (excluding diaryl/α,β-unsaturated/α-hetero) is 1. The number of anilines is 1. The van der Waals surface area contributed by atoms with Crippen LogP contribution in [0.25, 0.3) is 0 Å². The highest BCUT2D eigenvalue weighted by atomic mass is 19.1. The summed E-state index contributed by atoms with van der Waals surface area (Å²) in [5, 5.41) is 3.11. The molecule has 0 amide bonds. The highest BCUT2D eigenvalue weighted by molar-refractivity contribution is 6.00. The van der Waals surface area contributed by atoms with Crippen molar-refractivity contribution in [3.63, 3.8) is 0 Å². The minimum absolute atomic E-state index is 0.0893. The van der Waals surface area contributed by atoms with Gasteiger partial charge in [-0.3, -0.25) is 18.7 Å². The molecule has 0 unspecified atom stereocenters. The number of benzene rings is 1. The molecule has 1 aliphatic heterocycles. The summed E-state index contributed by atoms with van der Waals surface area (Å²) in [7, 11) is 2.94. The average Bonchev–Trinajstić information content (AvgIpc) is 2.64. The first-order valence-corrected chi connectivity index (χ1v) is 8.49. The minimum Gasteiger partial charge on any atom is -0.344 e. The number of rotatable bonds is 1. The molecule has 0 saturated carbocycles. The number of carbonyl (C=O) groups is 1. The maximum atomic E-state index is 14.6. The Morgan fingerprint density at radius 1 is 1.08 bits per heavy atom. The maximum Gasteiger partial charge on any atom is 0.332 e. The molecule has 0 radical (unpaired) electrons. The third-order valence-corrected chi connectivity index (χ3v) is 5.22. The van der Waals surface area contributed by atoms with Gasteiger partial charge in [-0.25, -0.2) is 9.18 Å². The highest BCUT2D eigenvalue weighted by Gasteiger charge is 2.39. The molecule has 7 heteroatoms. The smallest absolute Gasteiger partial charge is 0.332 e. The van der Waals surface area contributed by atoms with E-state index in [9.17, 15) is 18.8 Å². The summed E-state index contributed by atoms with van der Waals surface area (Å²) in [4.78, 5) is 37.9. The fourth-order valence-electron chi connectivity index (χ4n) is 3.92. The number of nitrogens with one attached hydrogen (secondary N) is 1. The zero-order valence-corrected chi connectivity index (χ0v) is 14.5. The normalized spacial score (nSPS) is 19.0. The van der Waals surface area contributed by atoms with Crippen LogP contribution in [-0.4, -0.2) is 14.9 Å². The first kappa shape index (κ1) is 16.5. The Labute approximate surface area is 148 Å². The summed E-state index contributed by atoms with van der Waals surface area (Å²) >= 11 is 0. The molecule has 1 aromatic carbocycles. The number of aromatic nitrogens is 2. The van der Waals surface area contributed by atoms with Crippen LogP contribution in [0.2, 0.25) is 0 Å². The van der Waals surface area contributed by atoms with E-state index in [2.05, 4.69) is 5.32 Å². The first-order chi connectivity index (χ1) is 12.4. The van der Waals surface area contributed by atoms with Gasteiger partial charge in [-0.05, 0) is 18.9 Å². The molecule has 0 fully saturated rings. The van der Waals surface area contributed by atoms with Gasteiger partial charge in [-0.15, -0.1) is 0 Å². The summed E-state index contributed by atoms with van der Waals surface area (Å²) in [6.07, 6.45) is 1.67. The fourth-order valence-corrected chi connectivity index (χ4v) is 3.92. The summed E-state index contributed by atoms with van der Waals surface area (Å²) in [6, 6.07) is 6.15. The van der Waals surface area contributed by atoms with Crippen LogP contribution in [0.3, 0.4) is 0 Å². The van der Waals surface area contributed by atoms with Crippen LogP contribution in [0.5, 0.6) is 0 Å². The second-order valence-electron chi connectivity index (χ2n) is 6.72. The van der Waals surface area contributed by atoms with E-state index in [1.165, 1.54) is 17.7 Å². The number of ketones is 1. The Morgan fingerprint density at radius 3 is 2.54 bits per heavy atom. The predicted molar refractivity (Wildman–Crippen MR) is 94.7 cm³/mol. The highest BCUT2D eigenvalue weighted by Crippen LogP contribution is 2.43. The SMILES string of the molecule is Cn1c2c(c(=O)n(C)c1=O)[C@@H](c1ccccc1F)C1=C(CCCC1=O)N2. The van der Waals surface area contributed by atoms with Gasteiger partial charge in [0.15, 0.2) is 5.78 Å². The molecule has 2 heterocycles. The predicted octanol–water partition coefficient (Wildman–Crippen LogP) is 1.79. The van der Waals surface area contributed by atoms with Crippen LogP contribution in [0.4, 0.5) is 10.2 Å². The van der Waals surface area contributed by atoms with Gasteiger partial charge in [0.2, 0.25) is 0 Å². The number of nitrogens with zero attached hydrogens (tertiary/aromatic N) is 2. The van der Waals surface area contributed by atoms with Crippen LogP contribution >= 0.6 is 0 Å². The van der Waals surface area contributed by atoms with Gasteiger partial charge in [0.05, 0.1) is 11.5 Å². The van der Waals surface area contributed by atoms with Crippen LogP contribution in [0, 0.1) is 5.82 Å². The number of fused-ring (bicyclic) bond motifs is 1. The van der Waals surface area contributed by atoms with E-state index < -0.39 is 23.0 Å². The van der Waals surface area contributed by atoms with Crippen molar-refractivity contribution in [3.8, 4) is 0 Å². The molecule has 2 aliphatic rings. The van der Waals surface area contributed by atoms with E-state index in [-0.39, 0.29) is 16.9 Å². The van der Waals surface area contributed by atoms with E-state index in [0.717, 1.165) is 4.57 Å². The second kappa shape index (κ2) is 5.79. The molecule has 0 bridgehead atoms. The van der Waals surface area contributed by atoms with Crippen LogP contribution in [0.15, 0.2) is 45.1 Å². The van der Waals surface area contributed by atoms with Gasteiger partial charge in [0.25, 0.3) is 5.56 Å². The van der Waals surface area contributed by atoms with Crippen molar-refractivity contribution in [2.75, 3.05) is 5.32 Å². The molecule has 1 aliphatic carbocycles. The van der Waals surface area contributed by atoms with Crippen molar-refractivity contribution in [1.82, 2.24) is 9.13 Å². The lowest BCUT2D eigenvalue weighted by molar-refractivity contribution is -0.116. The summed E-state index contributed by atoms with van der Waals surface area (Å²) in [6.45, 7) is 0. The third-order valence-electron chi connectivity index (χ3n) is 5.22. The molecule has 0 saturated heterocycles. The number of halogens is 1. The molecule has 1 N–H and O–H groups in total. The molecule has 1 aromatic heterocycles. The molecule has 1 atom stereocenters. The summed E-state index contributed by atoms with van der Waals surface area (Å²) < 4.78 is 17.0. The standard InChI is InChI=1S/C19H18FN3O3/c1-22-17-16(18(25)23(2)19(22)26)14(10-6-3-4-7-11(10)20)15-12(21-17)8-5-9-13(15)24/h3-4,6-7,14,21H,5,8-9H2,1-2H3/t14-/m0/s1. The lowest BCUT2D eigenvalue weighted by atomic mass is 9.76. The largest absolute Gasteiger partial charge is 0.344 e. The van der Waals surface area contributed by atoms with E-state index in [1.807, 2.05) is 0 Å². The number of carbonyl (C=O) groups excluding carboxylic acids is 1. The van der Waals surface area contributed by atoms with Gasteiger partial charge in [0, 0.05) is 37.3 Å². The quantitative estimate of drug-likeness (QED) is 0.846. The summed E-state index contributed by atoms with van der Waals surface area (Å²) in [5.41, 5.74) is 0.616. The fraction of sp³-hybridized carbons (Fsp3) is 0.316. The zero-order valence-electron chi connectivity index (χ0n) is 14.5. The van der Waals surface area contributed by atoms with Crippen molar-refractivity contribution < 1.29 is 9.18 Å². The van der Waals surface area contributed by atoms with Gasteiger partial charge in [0.1, 0.15) is 11.6 Å². The number of allylic oxidation sites excluding steroid dienone is 2. The van der Waals surface area contributed by atoms with Gasteiger partial charge >= 0.3 is 5.69 Å². The lowest BCUT2D eigenvalue weighted by Crippen LogP contribution is -2.44. The van der Waals surface area contributed by atoms with E-state index >= 15 is 0 Å². The molecule has 4 rings (SSSR count). The molecule has 2 aromatic rings. The van der Waals surface area contributed by atoms with E-state index in [4.69, 9.17) is 0 Å². The van der Waals surface area contributed by atoms with E-state index in [1.54, 1.807) is 25.2 Å². The van der Waals surface area contributed by atoms with Gasteiger partial charge in [-0.1, -0.05) is 18.2 Å². The minimum atomic E-state index is -0.819. The topological polar surface area (TPSA) is 73.1 Å². The van der Waals surface area contributed by atoms with E-state index in [0.29, 0.717) is 36.4 Å². The molecule has 26 heavy (non-hydrogen) atoms. The van der Waals surface area contributed by atoms with Crippen LogP contribution in [0.1, 0.15) is 36.3 Å². The third kappa shape index (κ3) is 2.20. The molecule has 6 nitrogen and oxygen atoms in total.